The lowest BCUT2D eigenvalue weighted by Gasteiger charge is -2.17. The minimum absolute atomic E-state index is 0.244. The fraction of sp³-hybridized carbons (Fsp3) is 0.500. The molecule has 1 N–H and O–H groups in total. The molecule has 0 saturated carbocycles. The zero-order valence-electron chi connectivity index (χ0n) is 9.35. The first-order valence-corrected chi connectivity index (χ1v) is 5.56. The molecule has 0 radical (unpaired) electrons. The van der Waals surface area contributed by atoms with Crippen LogP contribution in [0.1, 0.15) is 26.3 Å². The van der Waals surface area contributed by atoms with E-state index in [1.165, 1.54) is 6.07 Å². The third kappa shape index (κ3) is 3.80. The number of benzene rings is 1. The second-order valence-corrected chi connectivity index (χ2v) is 4.59. The van der Waals surface area contributed by atoms with Crippen LogP contribution in [0.5, 0.6) is 0 Å². The summed E-state index contributed by atoms with van der Waals surface area (Å²) in [6, 6.07) is 5.15. The van der Waals surface area contributed by atoms with E-state index in [-0.39, 0.29) is 5.82 Å². The van der Waals surface area contributed by atoms with Gasteiger partial charge in [-0.15, -0.1) is 0 Å². The van der Waals surface area contributed by atoms with Crippen LogP contribution in [0.2, 0.25) is 5.02 Å². The quantitative estimate of drug-likeness (QED) is 0.832. The third-order valence-corrected chi connectivity index (χ3v) is 2.86. The average molecular weight is 230 g/mol. The molecule has 1 atom stereocenters. The Bertz CT molecular complexity index is 325. The lowest BCUT2D eigenvalue weighted by molar-refractivity contribution is 0.421. The molecule has 0 fully saturated rings. The van der Waals surface area contributed by atoms with E-state index in [1.54, 1.807) is 12.1 Å². The minimum Gasteiger partial charge on any atom is -0.310 e. The predicted molar refractivity (Wildman–Crippen MR) is 62.5 cm³/mol. The van der Waals surface area contributed by atoms with Gasteiger partial charge in [0.1, 0.15) is 5.82 Å². The van der Waals surface area contributed by atoms with Crippen LogP contribution in [-0.2, 0) is 6.54 Å². The van der Waals surface area contributed by atoms with Gasteiger partial charge in [0.15, 0.2) is 0 Å². The molecule has 0 aliphatic heterocycles. The van der Waals surface area contributed by atoms with Crippen molar-refractivity contribution in [1.29, 1.82) is 0 Å². The van der Waals surface area contributed by atoms with Crippen LogP contribution in [0.15, 0.2) is 18.2 Å². The first-order valence-electron chi connectivity index (χ1n) is 5.18. The summed E-state index contributed by atoms with van der Waals surface area (Å²) in [5.41, 5.74) is 0.659. The fourth-order valence-electron chi connectivity index (χ4n) is 1.17. The maximum Gasteiger partial charge on any atom is 0.129 e. The van der Waals surface area contributed by atoms with Gasteiger partial charge < -0.3 is 5.32 Å². The van der Waals surface area contributed by atoms with E-state index in [0.29, 0.717) is 29.1 Å². The Morgan fingerprint density at radius 1 is 1.33 bits per heavy atom. The molecule has 1 rings (SSSR count). The number of nitrogens with one attached hydrogen (secondary N) is 1. The molecular formula is C12H17ClFN. The number of hydrogen-bond acceptors (Lipinski definition) is 1. The highest BCUT2D eigenvalue weighted by Gasteiger charge is 2.08. The summed E-state index contributed by atoms with van der Waals surface area (Å²) in [5.74, 6) is 0.298. The molecule has 15 heavy (non-hydrogen) atoms. The highest BCUT2D eigenvalue weighted by molar-refractivity contribution is 6.30. The lowest BCUT2D eigenvalue weighted by Crippen LogP contribution is -2.30. The second-order valence-electron chi connectivity index (χ2n) is 4.15. The molecule has 0 heterocycles. The van der Waals surface area contributed by atoms with Gasteiger partial charge in [0.2, 0.25) is 0 Å². The summed E-state index contributed by atoms with van der Waals surface area (Å²) in [6.07, 6.45) is 0. The minimum atomic E-state index is -0.244. The monoisotopic (exact) mass is 229 g/mol. The largest absolute Gasteiger partial charge is 0.310 e. The number of hydrogen-bond donors (Lipinski definition) is 1. The van der Waals surface area contributed by atoms with Crippen molar-refractivity contribution in [2.75, 3.05) is 0 Å². The molecule has 0 bridgehead atoms. The standard InChI is InChI=1S/C12H17ClFN/c1-8(2)9(3)15-7-10-4-5-11(13)6-12(10)14/h4-6,8-9,15H,7H2,1-3H3. The SMILES string of the molecule is CC(C)C(C)NCc1ccc(Cl)cc1F. The van der Waals surface area contributed by atoms with Crippen molar-refractivity contribution >= 4 is 11.6 Å². The Morgan fingerprint density at radius 3 is 2.53 bits per heavy atom. The lowest BCUT2D eigenvalue weighted by atomic mass is 10.1. The van der Waals surface area contributed by atoms with Crippen LogP contribution in [0.4, 0.5) is 4.39 Å². The predicted octanol–water partition coefficient (Wildman–Crippen LogP) is 3.61. The molecule has 3 heteroatoms. The summed E-state index contributed by atoms with van der Waals surface area (Å²) >= 11 is 5.67. The molecule has 1 aromatic carbocycles. The van der Waals surface area contributed by atoms with Gasteiger partial charge in [-0.1, -0.05) is 31.5 Å². The van der Waals surface area contributed by atoms with Crippen molar-refractivity contribution in [3.8, 4) is 0 Å². The molecular weight excluding hydrogens is 213 g/mol. The molecule has 1 aromatic rings. The number of halogens is 2. The van der Waals surface area contributed by atoms with Gasteiger partial charge in [0, 0.05) is 23.2 Å². The second kappa shape index (κ2) is 5.47. The summed E-state index contributed by atoms with van der Waals surface area (Å²) in [6.45, 7) is 6.91. The topological polar surface area (TPSA) is 12.0 Å². The van der Waals surface area contributed by atoms with Crippen molar-refractivity contribution in [2.45, 2.75) is 33.4 Å². The van der Waals surface area contributed by atoms with Crippen molar-refractivity contribution < 1.29 is 4.39 Å². The summed E-state index contributed by atoms with van der Waals surface area (Å²) in [5, 5.41) is 3.71. The van der Waals surface area contributed by atoms with Crippen LogP contribution in [-0.4, -0.2) is 6.04 Å². The van der Waals surface area contributed by atoms with Gasteiger partial charge >= 0.3 is 0 Å². The highest BCUT2D eigenvalue weighted by atomic mass is 35.5. The Kier molecular flexibility index (Phi) is 4.55. The van der Waals surface area contributed by atoms with E-state index < -0.39 is 0 Å². The molecule has 1 nitrogen and oxygen atoms in total. The number of rotatable bonds is 4. The van der Waals surface area contributed by atoms with Gasteiger partial charge in [-0.3, -0.25) is 0 Å². The van der Waals surface area contributed by atoms with Crippen molar-refractivity contribution in [3.63, 3.8) is 0 Å². The van der Waals surface area contributed by atoms with Crippen LogP contribution < -0.4 is 5.32 Å². The van der Waals surface area contributed by atoms with Gasteiger partial charge in [-0.25, -0.2) is 4.39 Å². The van der Waals surface area contributed by atoms with E-state index in [0.717, 1.165) is 0 Å². The van der Waals surface area contributed by atoms with Crippen LogP contribution >= 0.6 is 11.6 Å². The van der Waals surface area contributed by atoms with Crippen LogP contribution in [0.25, 0.3) is 0 Å². The van der Waals surface area contributed by atoms with Crippen LogP contribution in [0, 0.1) is 11.7 Å². The van der Waals surface area contributed by atoms with Gasteiger partial charge in [-0.05, 0) is 25.0 Å². The molecule has 0 spiro atoms. The fourth-order valence-corrected chi connectivity index (χ4v) is 1.33. The van der Waals surface area contributed by atoms with Gasteiger partial charge in [0.05, 0.1) is 0 Å². The maximum atomic E-state index is 13.4. The Morgan fingerprint density at radius 2 is 2.00 bits per heavy atom. The maximum absolute atomic E-state index is 13.4. The molecule has 0 aliphatic rings. The molecule has 0 aromatic heterocycles. The van der Waals surface area contributed by atoms with Crippen molar-refractivity contribution in [1.82, 2.24) is 5.32 Å². The third-order valence-electron chi connectivity index (χ3n) is 2.63. The van der Waals surface area contributed by atoms with E-state index >= 15 is 0 Å². The zero-order chi connectivity index (χ0) is 11.4. The normalized spacial score (nSPS) is 13.2. The van der Waals surface area contributed by atoms with Crippen LogP contribution in [0.3, 0.4) is 0 Å². The van der Waals surface area contributed by atoms with E-state index in [4.69, 9.17) is 11.6 Å². The Balaban J connectivity index is 2.58. The summed E-state index contributed by atoms with van der Waals surface area (Å²) < 4.78 is 13.4. The highest BCUT2D eigenvalue weighted by Crippen LogP contribution is 2.14. The van der Waals surface area contributed by atoms with Crippen molar-refractivity contribution in [2.24, 2.45) is 5.92 Å². The Labute approximate surface area is 95.6 Å². The molecule has 0 aliphatic carbocycles. The molecule has 0 saturated heterocycles. The zero-order valence-corrected chi connectivity index (χ0v) is 10.1. The molecule has 1 unspecified atom stereocenters. The molecule has 84 valence electrons. The van der Waals surface area contributed by atoms with E-state index in [2.05, 4.69) is 26.1 Å². The first kappa shape index (κ1) is 12.5. The average Bonchev–Trinajstić information content (AvgIpc) is 2.15. The Hall–Kier alpha value is -0.600. The summed E-state index contributed by atoms with van der Waals surface area (Å²) in [4.78, 5) is 0. The first-order chi connectivity index (χ1) is 7.00. The molecule has 0 amide bonds. The smallest absolute Gasteiger partial charge is 0.129 e. The summed E-state index contributed by atoms with van der Waals surface area (Å²) in [7, 11) is 0. The van der Waals surface area contributed by atoms with Gasteiger partial charge in [-0.2, -0.15) is 0 Å². The van der Waals surface area contributed by atoms with E-state index in [9.17, 15) is 4.39 Å². The van der Waals surface area contributed by atoms with Crippen molar-refractivity contribution in [3.05, 3.63) is 34.6 Å². The van der Waals surface area contributed by atoms with E-state index in [1.807, 2.05) is 0 Å². The van der Waals surface area contributed by atoms with Gasteiger partial charge in [0.25, 0.3) is 0 Å².